The summed E-state index contributed by atoms with van der Waals surface area (Å²) in [6.07, 6.45) is 1.13. The van der Waals surface area contributed by atoms with Gasteiger partial charge in [0, 0.05) is 23.1 Å². The van der Waals surface area contributed by atoms with Crippen molar-refractivity contribution < 1.29 is 13.2 Å². The summed E-state index contributed by atoms with van der Waals surface area (Å²) < 4.78 is 23.0. The number of hydrogen-bond acceptors (Lipinski definition) is 4. The molecule has 3 aromatic rings. The number of sulfone groups is 1. The molecule has 0 unspecified atom stereocenters. The van der Waals surface area contributed by atoms with E-state index in [0.717, 1.165) is 17.4 Å². The van der Waals surface area contributed by atoms with Crippen LogP contribution in [0.5, 0.6) is 0 Å². The number of benzene rings is 3. The summed E-state index contributed by atoms with van der Waals surface area (Å²) >= 11 is 0. The van der Waals surface area contributed by atoms with Crippen LogP contribution in [0.2, 0.25) is 0 Å². The molecule has 0 heterocycles. The van der Waals surface area contributed by atoms with Crippen LogP contribution in [-0.2, 0) is 9.84 Å². The lowest BCUT2D eigenvalue weighted by atomic mass is 10.0. The maximum atomic E-state index is 12.2. The van der Waals surface area contributed by atoms with Crippen molar-refractivity contribution in [2.24, 2.45) is 5.10 Å². The fourth-order valence-electron chi connectivity index (χ4n) is 2.54. The van der Waals surface area contributed by atoms with Crippen LogP contribution in [0.15, 0.2) is 94.9 Å². The van der Waals surface area contributed by atoms with E-state index in [0.29, 0.717) is 11.4 Å². The van der Waals surface area contributed by atoms with Gasteiger partial charge in [-0.15, -0.1) is 0 Å². The normalized spacial score (nSPS) is 10.8. The molecule has 0 bridgehead atoms. The number of amides is 2. The highest BCUT2D eigenvalue weighted by atomic mass is 32.2. The van der Waals surface area contributed by atoms with Crippen LogP contribution in [0.1, 0.15) is 11.1 Å². The van der Waals surface area contributed by atoms with Crippen LogP contribution in [0.3, 0.4) is 0 Å². The van der Waals surface area contributed by atoms with Crippen molar-refractivity contribution in [1.29, 1.82) is 0 Å². The van der Waals surface area contributed by atoms with Crippen LogP contribution >= 0.6 is 0 Å². The van der Waals surface area contributed by atoms with E-state index in [-0.39, 0.29) is 4.90 Å². The summed E-state index contributed by atoms with van der Waals surface area (Å²) in [6, 6.07) is 24.5. The average Bonchev–Trinajstić information content (AvgIpc) is 2.69. The van der Waals surface area contributed by atoms with Gasteiger partial charge < -0.3 is 5.32 Å². The third kappa shape index (κ3) is 5.05. The van der Waals surface area contributed by atoms with E-state index in [1.165, 1.54) is 24.3 Å². The van der Waals surface area contributed by atoms with Crippen molar-refractivity contribution >= 4 is 27.3 Å². The molecule has 2 amide bonds. The van der Waals surface area contributed by atoms with Crippen LogP contribution in [0.4, 0.5) is 10.5 Å². The third-order valence-electron chi connectivity index (χ3n) is 3.90. The van der Waals surface area contributed by atoms with E-state index < -0.39 is 15.9 Å². The predicted molar refractivity (Wildman–Crippen MR) is 110 cm³/mol. The monoisotopic (exact) mass is 393 g/mol. The van der Waals surface area contributed by atoms with E-state index in [2.05, 4.69) is 15.8 Å². The molecule has 2 N–H and O–H groups in total. The molecule has 7 heteroatoms. The van der Waals surface area contributed by atoms with Gasteiger partial charge >= 0.3 is 6.03 Å². The summed E-state index contributed by atoms with van der Waals surface area (Å²) in [6.45, 7) is 0. The highest BCUT2D eigenvalue weighted by molar-refractivity contribution is 7.90. The summed E-state index contributed by atoms with van der Waals surface area (Å²) in [4.78, 5) is 12.4. The third-order valence-corrected chi connectivity index (χ3v) is 5.03. The number of urea groups is 1. The van der Waals surface area contributed by atoms with Gasteiger partial charge in [0.15, 0.2) is 9.84 Å². The van der Waals surface area contributed by atoms with E-state index in [4.69, 9.17) is 0 Å². The molecular weight excluding hydrogens is 374 g/mol. The molecule has 3 aromatic carbocycles. The first-order valence-electron chi connectivity index (χ1n) is 8.49. The number of hydrazone groups is 1. The molecule has 0 aliphatic rings. The Hall–Kier alpha value is -3.45. The molecule has 0 aromatic heterocycles. The zero-order valence-electron chi connectivity index (χ0n) is 15.2. The molecule has 0 aliphatic carbocycles. The van der Waals surface area contributed by atoms with Gasteiger partial charge in [0.1, 0.15) is 0 Å². The molecule has 0 aliphatic heterocycles. The summed E-state index contributed by atoms with van der Waals surface area (Å²) in [7, 11) is -3.28. The minimum absolute atomic E-state index is 0.187. The zero-order valence-corrected chi connectivity index (χ0v) is 16.0. The van der Waals surface area contributed by atoms with Crippen molar-refractivity contribution in [3.8, 4) is 0 Å². The van der Waals surface area contributed by atoms with Crippen LogP contribution in [0, 0.1) is 0 Å². The Balaban J connectivity index is 1.76. The number of anilines is 1. The lowest BCUT2D eigenvalue weighted by Gasteiger charge is -2.09. The topological polar surface area (TPSA) is 87.6 Å². The van der Waals surface area contributed by atoms with Gasteiger partial charge in [-0.25, -0.2) is 18.6 Å². The molecule has 0 saturated heterocycles. The molecule has 0 atom stereocenters. The quantitative estimate of drug-likeness (QED) is 0.512. The molecule has 0 saturated carbocycles. The standard InChI is InChI=1S/C21H19N3O3S/c1-28(26,27)19-14-12-18(13-15-19)22-21(25)24-23-20(16-8-4-2-5-9-16)17-10-6-3-7-11-17/h2-15H,1H3,(H2,22,24,25). The largest absolute Gasteiger partial charge is 0.339 e. The Morgan fingerprint density at radius 3 is 1.75 bits per heavy atom. The number of rotatable bonds is 5. The fourth-order valence-corrected chi connectivity index (χ4v) is 3.17. The minimum atomic E-state index is -3.28. The van der Waals surface area contributed by atoms with Crippen molar-refractivity contribution in [3.63, 3.8) is 0 Å². The summed E-state index contributed by atoms with van der Waals surface area (Å²) in [5.74, 6) is 0. The van der Waals surface area contributed by atoms with Gasteiger partial charge in [-0.1, -0.05) is 60.7 Å². The Morgan fingerprint density at radius 1 is 0.786 bits per heavy atom. The molecule has 0 fully saturated rings. The Bertz CT molecular complexity index is 1040. The molecule has 3 rings (SSSR count). The van der Waals surface area contributed by atoms with Crippen molar-refractivity contribution in [2.75, 3.05) is 11.6 Å². The van der Waals surface area contributed by atoms with E-state index in [1.54, 1.807) is 0 Å². The number of hydrogen-bond donors (Lipinski definition) is 2. The minimum Gasteiger partial charge on any atom is -0.307 e. The van der Waals surface area contributed by atoms with Crippen molar-refractivity contribution in [1.82, 2.24) is 5.43 Å². The van der Waals surface area contributed by atoms with E-state index >= 15 is 0 Å². The second-order valence-electron chi connectivity index (χ2n) is 6.05. The zero-order chi connectivity index (χ0) is 20.0. The summed E-state index contributed by atoms with van der Waals surface area (Å²) in [5.41, 5.74) is 5.31. The van der Waals surface area contributed by atoms with Crippen LogP contribution < -0.4 is 10.7 Å². The predicted octanol–water partition coefficient (Wildman–Crippen LogP) is 3.66. The first kappa shape index (κ1) is 19.3. The Morgan fingerprint density at radius 2 is 1.29 bits per heavy atom. The number of nitrogens with zero attached hydrogens (tertiary/aromatic N) is 1. The van der Waals surface area contributed by atoms with E-state index in [1.807, 2.05) is 60.7 Å². The maximum Gasteiger partial charge on any atom is 0.339 e. The van der Waals surface area contributed by atoms with Crippen molar-refractivity contribution in [2.45, 2.75) is 4.90 Å². The maximum absolute atomic E-state index is 12.2. The Kier molecular flexibility index (Phi) is 5.86. The molecule has 0 radical (unpaired) electrons. The number of nitrogens with one attached hydrogen (secondary N) is 2. The van der Waals surface area contributed by atoms with E-state index in [9.17, 15) is 13.2 Å². The smallest absolute Gasteiger partial charge is 0.307 e. The SMILES string of the molecule is CS(=O)(=O)c1ccc(NC(=O)NN=C(c2ccccc2)c2ccccc2)cc1. The first-order chi connectivity index (χ1) is 13.4. The average molecular weight is 393 g/mol. The fraction of sp³-hybridized carbons (Fsp3) is 0.0476. The Labute approximate surface area is 163 Å². The number of carbonyl (C=O) groups is 1. The van der Waals surface area contributed by atoms with Crippen molar-refractivity contribution in [3.05, 3.63) is 96.1 Å². The van der Waals surface area contributed by atoms with Gasteiger partial charge in [-0.05, 0) is 24.3 Å². The van der Waals surface area contributed by atoms with Gasteiger partial charge in [0.25, 0.3) is 0 Å². The molecule has 28 heavy (non-hydrogen) atoms. The molecular formula is C21H19N3O3S. The highest BCUT2D eigenvalue weighted by Gasteiger charge is 2.09. The van der Waals surface area contributed by atoms with Gasteiger partial charge in [-0.3, -0.25) is 0 Å². The van der Waals surface area contributed by atoms with Gasteiger partial charge in [-0.2, -0.15) is 5.10 Å². The van der Waals surface area contributed by atoms with Crippen LogP contribution in [-0.4, -0.2) is 26.4 Å². The van der Waals surface area contributed by atoms with Crippen LogP contribution in [0.25, 0.3) is 0 Å². The highest BCUT2D eigenvalue weighted by Crippen LogP contribution is 2.14. The molecule has 0 spiro atoms. The second kappa shape index (κ2) is 8.49. The summed E-state index contributed by atoms with van der Waals surface area (Å²) in [5, 5.41) is 6.90. The number of carbonyl (C=O) groups excluding carboxylic acids is 1. The molecule has 6 nitrogen and oxygen atoms in total. The van der Waals surface area contributed by atoms with Gasteiger partial charge in [0.2, 0.25) is 0 Å². The lowest BCUT2D eigenvalue weighted by Crippen LogP contribution is -2.26. The molecule has 142 valence electrons. The first-order valence-corrected chi connectivity index (χ1v) is 10.4. The van der Waals surface area contributed by atoms with Gasteiger partial charge in [0.05, 0.1) is 10.6 Å². The second-order valence-corrected chi connectivity index (χ2v) is 8.07. The lowest BCUT2D eigenvalue weighted by molar-refractivity contribution is 0.252.